The van der Waals surface area contributed by atoms with E-state index in [4.69, 9.17) is 9.47 Å². The van der Waals surface area contributed by atoms with E-state index in [1.165, 1.54) is 0 Å². The molecule has 0 aliphatic carbocycles. The van der Waals surface area contributed by atoms with Crippen LogP contribution in [0.25, 0.3) is 6.08 Å². The fourth-order valence-corrected chi connectivity index (χ4v) is 2.97. The molecule has 5 heteroatoms. The average Bonchev–Trinajstić information content (AvgIpc) is 2.93. The van der Waals surface area contributed by atoms with Gasteiger partial charge in [-0.2, -0.15) is 5.26 Å². The summed E-state index contributed by atoms with van der Waals surface area (Å²) in [5.74, 6) is 0.924. The molecule has 5 nitrogen and oxygen atoms in total. The third kappa shape index (κ3) is 3.97. The van der Waals surface area contributed by atoms with E-state index >= 15 is 0 Å². The van der Waals surface area contributed by atoms with Gasteiger partial charge in [-0.15, -0.1) is 0 Å². The SMILES string of the molecule is CCCn1c(C)cc(C(=O)/C(C#N)=C/c2cc(OC)cc(OC)c2)c1C. The Balaban J connectivity index is 2.46. The third-order valence-electron chi connectivity index (χ3n) is 4.32. The molecule has 0 fully saturated rings. The van der Waals surface area contributed by atoms with Gasteiger partial charge >= 0.3 is 0 Å². The number of allylic oxidation sites excluding steroid dienone is 1. The molecule has 0 atom stereocenters. The number of hydrogen-bond donors (Lipinski definition) is 0. The van der Waals surface area contributed by atoms with Gasteiger partial charge < -0.3 is 14.0 Å². The smallest absolute Gasteiger partial charge is 0.205 e. The molecule has 1 heterocycles. The molecule has 136 valence electrons. The van der Waals surface area contributed by atoms with E-state index in [1.54, 1.807) is 38.5 Å². The van der Waals surface area contributed by atoms with E-state index in [9.17, 15) is 10.1 Å². The second-order valence-corrected chi connectivity index (χ2v) is 6.08. The van der Waals surface area contributed by atoms with Gasteiger partial charge in [-0.3, -0.25) is 4.79 Å². The Morgan fingerprint density at radius 3 is 2.27 bits per heavy atom. The molecule has 1 aromatic heterocycles. The molecule has 0 N–H and O–H groups in total. The zero-order valence-corrected chi connectivity index (χ0v) is 15.9. The van der Waals surface area contributed by atoms with Crippen LogP contribution in [0.2, 0.25) is 0 Å². The van der Waals surface area contributed by atoms with Crippen LogP contribution in [0.5, 0.6) is 11.5 Å². The van der Waals surface area contributed by atoms with Crippen LogP contribution in [0.1, 0.15) is 40.7 Å². The van der Waals surface area contributed by atoms with Crippen molar-refractivity contribution in [2.75, 3.05) is 14.2 Å². The number of nitrogens with zero attached hydrogens (tertiary/aromatic N) is 2. The summed E-state index contributed by atoms with van der Waals surface area (Å²) < 4.78 is 12.6. The van der Waals surface area contributed by atoms with Gasteiger partial charge in [0.1, 0.15) is 23.1 Å². The van der Waals surface area contributed by atoms with Crippen molar-refractivity contribution in [3.8, 4) is 17.6 Å². The first-order valence-electron chi connectivity index (χ1n) is 8.51. The molecule has 0 radical (unpaired) electrons. The highest BCUT2D eigenvalue weighted by molar-refractivity contribution is 6.14. The summed E-state index contributed by atoms with van der Waals surface area (Å²) in [7, 11) is 3.11. The van der Waals surface area contributed by atoms with Gasteiger partial charge in [0.25, 0.3) is 0 Å². The summed E-state index contributed by atoms with van der Waals surface area (Å²) in [6.45, 7) is 6.84. The summed E-state index contributed by atoms with van der Waals surface area (Å²) in [6, 6.07) is 9.14. The van der Waals surface area contributed by atoms with Crippen molar-refractivity contribution in [1.29, 1.82) is 5.26 Å². The number of carbonyl (C=O) groups is 1. The highest BCUT2D eigenvalue weighted by Crippen LogP contribution is 2.25. The highest BCUT2D eigenvalue weighted by atomic mass is 16.5. The van der Waals surface area contributed by atoms with E-state index < -0.39 is 0 Å². The number of benzene rings is 1. The Morgan fingerprint density at radius 1 is 1.15 bits per heavy atom. The molecular weight excluding hydrogens is 328 g/mol. The lowest BCUT2D eigenvalue weighted by atomic mass is 10.0. The van der Waals surface area contributed by atoms with E-state index in [1.807, 2.05) is 26.0 Å². The highest BCUT2D eigenvalue weighted by Gasteiger charge is 2.19. The standard InChI is InChI=1S/C21H24N2O3/c1-6-7-23-14(2)8-20(15(23)3)21(24)17(13-22)9-16-10-18(25-4)12-19(11-16)26-5/h8-12H,6-7H2,1-5H3/b17-9+. The second kappa shape index (κ2) is 8.39. The van der Waals surface area contributed by atoms with Gasteiger partial charge in [-0.25, -0.2) is 0 Å². The molecular formula is C21H24N2O3. The van der Waals surface area contributed by atoms with Gasteiger partial charge in [0.15, 0.2) is 0 Å². The van der Waals surface area contributed by atoms with E-state index in [0.717, 1.165) is 24.4 Å². The number of ketones is 1. The van der Waals surface area contributed by atoms with Crippen molar-refractivity contribution in [2.24, 2.45) is 0 Å². The summed E-state index contributed by atoms with van der Waals surface area (Å²) in [4.78, 5) is 12.9. The molecule has 0 amide bonds. The maximum absolute atomic E-state index is 12.9. The number of aryl methyl sites for hydroxylation is 1. The summed E-state index contributed by atoms with van der Waals surface area (Å²) in [5.41, 5.74) is 3.23. The summed E-state index contributed by atoms with van der Waals surface area (Å²) in [5, 5.41) is 9.53. The van der Waals surface area contributed by atoms with Crippen LogP contribution in [0.4, 0.5) is 0 Å². The van der Waals surface area contributed by atoms with Crippen LogP contribution >= 0.6 is 0 Å². The Morgan fingerprint density at radius 2 is 1.77 bits per heavy atom. The summed E-state index contributed by atoms with van der Waals surface area (Å²) in [6.07, 6.45) is 2.55. The average molecular weight is 352 g/mol. The van der Waals surface area contributed by atoms with Gasteiger partial charge in [-0.05, 0) is 50.1 Å². The number of rotatable bonds is 7. The number of ether oxygens (including phenoxy) is 2. The molecule has 2 aromatic rings. The van der Waals surface area contributed by atoms with Crippen LogP contribution in [-0.2, 0) is 6.54 Å². The molecule has 1 aromatic carbocycles. The number of aromatic nitrogens is 1. The zero-order chi connectivity index (χ0) is 19.3. The maximum atomic E-state index is 12.9. The number of Topliss-reactive ketones (excluding diaryl/α,β-unsaturated/α-hetero) is 1. The monoisotopic (exact) mass is 352 g/mol. The third-order valence-corrected chi connectivity index (χ3v) is 4.32. The quantitative estimate of drug-likeness (QED) is 0.423. The predicted molar refractivity (Wildman–Crippen MR) is 102 cm³/mol. The number of hydrogen-bond acceptors (Lipinski definition) is 4. The minimum atomic E-state index is -0.273. The van der Waals surface area contributed by atoms with Gasteiger partial charge in [0.2, 0.25) is 5.78 Å². The second-order valence-electron chi connectivity index (χ2n) is 6.08. The minimum absolute atomic E-state index is 0.0806. The van der Waals surface area contributed by atoms with Crippen LogP contribution in [0.3, 0.4) is 0 Å². The predicted octanol–water partition coefficient (Wildman–Crippen LogP) is 4.32. The topological polar surface area (TPSA) is 64.2 Å². The zero-order valence-electron chi connectivity index (χ0n) is 15.9. The van der Waals surface area contributed by atoms with Crippen molar-refractivity contribution in [3.05, 3.63) is 52.4 Å². The van der Waals surface area contributed by atoms with Crippen molar-refractivity contribution >= 4 is 11.9 Å². The lowest BCUT2D eigenvalue weighted by Gasteiger charge is -2.08. The van der Waals surface area contributed by atoms with Crippen molar-refractivity contribution < 1.29 is 14.3 Å². The first-order valence-corrected chi connectivity index (χ1v) is 8.51. The number of methoxy groups -OCH3 is 2. The van der Waals surface area contributed by atoms with Crippen LogP contribution < -0.4 is 9.47 Å². The van der Waals surface area contributed by atoms with Crippen molar-refractivity contribution in [1.82, 2.24) is 4.57 Å². The van der Waals surface area contributed by atoms with Gasteiger partial charge in [0.05, 0.1) is 14.2 Å². The number of carbonyl (C=O) groups excluding carboxylic acids is 1. The van der Waals surface area contributed by atoms with E-state index in [2.05, 4.69) is 11.5 Å². The Labute approximate surface area is 154 Å². The van der Waals surface area contributed by atoms with E-state index in [-0.39, 0.29) is 11.4 Å². The van der Waals surface area contributed by atoms with Crippen molar-refractivity contribution in [3.63, 3.8) is 0 Å². The Bertz CT molecular complexity index is 863. The van der Waals surface area contributed by atoms with Gasteiger partial charge in [0, 0.05) is 29.6 Å². The molecule has 0 saturated heterocycles. The van der Waals surface area contributed by atoms with Crippen LogP contribution in [0.15, 0.2) is 29.8 Å². The van der Waals surface area contributed by atoms with Crippen LogP contribution in [0, 0.1) is 25.2 Å². The largest absolute Gasteiger partial charge is 0.497 e. The van der Waals surface area contributed by atoms with Crippen LogP contribution in [-0.4, -0.2) is 24.6 Å². The molecule has 0 spiro atoms. The summed E-state index contributed by atoms with van der Waals surface area (Å²) >= 11 is 0. The molecule has 0 bridgehead atoms. The fourth-order valence-electron chi connectivity index (χ4n) is 2.97. The van der Waals surface area contributed by atoms with Gasteiger partial charge in [-0.1, -0.05) is 6.92 Å². The number of nitriles is 1. The molecule has 0 unspecified atom stereocenters. The van der Waals surface area contributed by atoms with Crippen molar-refractivity contribution in [2.45, 2.75) is 33.7 Å². The maximum Gasteiger partial charge on any atom is 0.205 e. The Hall–Kier alpha value is -3.00. The molecule has 0 saturated carbocycles. The molecule has 26 heavy (non-hydrogen) atoms. The fraction of sp³-hybridized carbons (Fsp3) is 0.333. The minimum Gasteiger partial charge on any atom is -0.497 e. The molecule has 0 aliphatic heterocycles. The lowest BCUT2D eigenvalue weighted by molar-refractivity contribution is 0.103. The molecule has 2 rings (SSSR count). The first kappa shape index (κ1) is 19.3. The Kier molecular flexibility index (Phi) is 6.24. The molecule has 0 aliphatic rings. The normalized spacial score (nSPS) is 11.2. The van der Waals surface area contributed by atoms with E-state index in [0.29, 0.717) is 22.6 Å². The lowest BCUT2D eigenvalue weighted by Crippen LogP contribution is -2.06. The first-order chi connectivity index (χ1) is 12.4.